The molecule has 0 aliphatic heterocycles. The second-order valence-corrected chi connectivity index (χ2v) is 4.96. The van der Waals surface area contributed by atoms with Crippen LogP contribution in [-0.2, 0) is 16.1 Å². The van der Waals surface area contributed by atoms with Gasteiger partial charge in [-0.3, -0.25) is 10.6 Å². The van der Waals surface area contributed by atoms with E-state index in [4.69, 9.17) is 10.6 Å². The van der Waals surface area contributed by atoms with Gasteiger partial charge in [-0.1, -0.05) is 30.3 Å². The van der Waals surface area contributed by atoms with Gasteiger partial charge in [0, 0.05) is 6.54 Å². The van der Waals surface area contributed by atoms with Crippen molar-refractivity contribution in [1.82, 2.24) is 5.01 Å². The van der Waals surface area contributed by atoms with Gasteiger partial charge in [0.25, 0.3) is 0 Å². The molecule has 2 N–H and O–H groups in total. The Balaban J connectivity index is 2.63. The summed E-state index contributed by atoms with van der Waals surface area (Å²) in [4.78, 5) is 11.7. The van der Waals surface area contributed by atoms with Crippen molar-refractivity contribution < 1.29 is 9.53 Å². The van der Waals surface area contributed by atoms with Gasteiger partial charge in [0.15, 0.2) is 0 Å². The SMILES string of the molecule is COC(=O)[C@@H](CCSC)N(N)Cc1ccccc1. The third-order valence-corrected chi connectivity index (χ3v) is 3.32. The minimum absolute atomic E-state index is 0.275. The van der Waals surface area contributed by atoms with E-state index >= 15 is 0 Å². The van der Waals surface area contributed by atoms with Gasteiger partial charge < -0.3 is 4.74 Å². The molecule has 0 heterocycles. The molecule has 4 nitrogen and oxygen atoms in total. The van der Waals surface area contributed by atoms with Gasteiger partial charge in [-0.05, 0) is 24.0 Å². The molecule has 100 valence electrons. The molecule has 0 aromatic heterocycles. The van der Waals surface area contributed by atoms with E-state index in [2.05, 4.69) is 0 Å². The minimum Gasteiger partial charge on any atom is -0.468 e. The molecular weight excluding hydrogens is 248 g/mol. The Morgan fingerprint density at radius 2 is 2.11 bits per heavy atom. The molecular formula is C13H20N2O2S. The quantitative estimate of drug-likeness (QED) is 0.463. The summed E-state index contributed by atoms with van der Waals surface area (Å²) in [5, 5.41) is 1.55. The number of hydrogen-bond acceptors (Lipinski definition) is 5. The van der Waals surface area contributed by atoms with Crippen LogP contribution in [0.3, 0.4) is 0 Å². The molecule has 1 atom stereocenters. The number of hydrazine groups is 1. The summed E-state index contributed by atoms with van der Waals surface area (Å²) in [6.07, 6.45) is 2.70. The third-order valence-electron chi connectivity index (χ3n) is 2.68. The van der Waals surface area contributed by atoms with Crippen molar-refractivity contribution >= 4 is 17.7 Å². The first kappa shape index (κ1) is 15.0. The fourth-order valence-electron chi connectivity index (χ4n) is 1.69. The van der Waals surface area contributed by atoms with E-state index in [0.717, 1.165) is 11.3 Å². The van der Waals surface area contributed by atoms with Crippen molar-refractivity contribution in [2.24, 2.45) is 5.84 Å². The molecule has 0 aliphatic carbocycles. The standard InChI is InChI=1S/C13H20N2O2S/c1-17-13(16)12(8-9-18-2)15(14)10-11-6-4-3-5-7-11/h3-7,12H,8-10,14H2,1-2H3/t12-/m1/s1. The third kappa shape index (κ3) is 4.68. The molecule has 0 amide bonds. The number of ether oxygens (including phenoxy) is 1. The topological polar surface area (TPSA) is 55.6 Å². The molecule has 0 spiro atoms. The minimum atomic E-state index is -0.386. The van der Waals surface area contributed by atoms with Crippen molar-refractivity contribution in [3.8, 4) is 0 Å². The van der Waals surface area contributed by atoms with Crippen molar-refractivity contribution in [2.75, 3.05) is 19.1 Å². The van der Waals surface area contributed by atoms with Crippen LogP contribution in [0.5, 0.6) is 0 Å². The van der Waals surface area contributed by atoms with Crippen LogP contribution in [0.1, 0.15) is 12.0 Å². The maximum absolute atomic E-state index is 11.7. The summed E-state index contributed by atoms with van der Waals surface area (Å²) in [5.74, 6) is 6.59. The zero-order chi connectivity index (χ0) is 13.4. The zero-order valence-electron chi connectivity index (χ0n) is 10.8. The Kier molecular flexibility index (Phi) is 6.78. The molecule has 0 saturated heterocycles. The van der Waals surface area contributed by atoms with E-state index in [0.29, 0.717) is 13.0 Å². The lowest BCUT2D eigenvalue weighted by Gasteiger charge is -2.25. The lowest BCUT2D eigenvalue weighted by Crippen LogP contribution is -2.46. The number of benzene rings is 1. The maximum atomic E-state index is 11.7. The fourth-order valence-corrected chi connectivity index (χ4v) is 2.15. The summed E-state index contributed by atoms with van der Waals surface area (Å²) in [5.41, 5.74) is 1.08. The molecule has 18 heavy (non-hydrogen) atoms. The number of esters is 1. The van der Waals surface area contributed by atoms with E-state index in [1.54, 1.807) is 16.8 Å². The summed E-state index contributed by atoms with van der Waals surface area (Å²) in [6.45, 7) is 0.537. The van der Waals surface area contributed by atoms with Gasteiger partial charge in [-0.15, -0.1) is 0 Å². The van der Waals surface area contributed by atoms with Crippen LogP contribution < -0.4 is 5.84 Å². The average Bonchev–Trinajstić information content (AvgIpc) is 2.40. The predicted octanol–water partition coefficient (Wildman–Crippen LogP) is 1.66. The van der Waals surface area contributed by atoms with Crippen LogP contribution in [0.2, 0.25) is 0 Å². The van der Waals surface area contributed by atoms with Gasteiger partial charge in [-0.2, -0.15) is 11.8 Å². The highest BCUT2D eigenvalue weighted by Gasteiger charge is 2.24. The first-order valence-corrected chi connectivity index (χ1v) is 7.20. The molecule has 0 aliphatic rings. The lowest BCUT2D eigenvalue weighted by atomic mass is 10.1. The molecule has 0 radical (unpaired) electrons. The Hall–Kier alpha value is -1.04. The van der Waals surface area contributed by atoms with Crippen LogP contribution in [0.15, 0.2) is 30.3 Å². The highest BCUT2D eigenvalue weighted by Crippen LogP contribution is 2.10. The molecule has 5 heteroatoms. The Morgan fingerprint density at radius 3 is 2.67 bits per heavy atom. The van der Waals surface area contributed by atoms with Gasteiger partial charge in [-0.25, -0.2) is 5.01 Å². The Morgan fingerprint density at radius 1 is 1.44 bits per heavy atom. The van der Waals surface area contributed by atoms with Crippen LogP contribution >= 0.6 is 11.8 Å². The first-order chi connectivity index (χ1) is 8.69. The Labute approximate surface area is 112 Å². The zero-order valence-corrected chi connectivity index (χ0v) is 11.7. The van der Waals surface area contributed by atoms with Gasteiger partial charge in [0.05, 0.1) is 7.11 Å². The molecule has 0 bridgehead atoms. The smallest absolute Gasteiger partial charge is 0.324 e. The number of methoxy groups -OCH3 is 1. The predicted molar refractivity (Wildman–Crippen MR) is 75.0 cm³/mol. The molecule has 1 rings (SSSR count). The second kappa shape index (κ2) is 8.13. The number of thioether (sulfide) groups is 1. The van der Waals surface area contributed by atoms with Crippen molar-refractivity contribution in [2.45, 2.75) is 19.0 Å². The van der Waals surface area contributed by atoms with Crippen LogP contribution in [0, 0.1) is 0 Å². The van der Waals surface area contributed by atoms with Gasteiger partial charge >= 0.3 is 5.97 Å². The average molecular weight is 268 g/mol. The second-order valence-electron chi connectivity index (χ2n) is 3.98. The number of carbonyl (C=O) groups is 1. The van der Waals surface area contributed by atoms with E-state index in [-0.39, 0.29) is 12.0 Å². The normalized spacial score (nSPS) is 12.4. The van der Waals surface area contributed by atoms with E-state index in [1.165, 1.54) is 7.11 Å². The summed E-state index contributed by atoms with van der Waals surface area (Å²) in [7, 11) is 1.39. The molecule has 0 saturated carbocycles. The lowest BCUT2D eigenvalue weighted by molar-refractivity contribution is -0.147. The van der Waals surface area contributed by atoms with Crippen molar-refractivity contribution in [3.05, 3.63) is 35.9 Å². The highest BCUT2D eigenvalue weighted by molar-refractivity contribution is 7.98. The Bertz CT molecular complexity index is 359. The first-order valence-electron chi connectivity index (χ1n) is 5.81. The summed E-state index contributed by atoms with van der Waals surface area (Å²) in [6, 6.07) is 9.46. The number of rotatable bonds is 7. The highest BCUT2D eigenvalue weighted by atomic mass is 32.2. The number of nitrogens with zero attached hydrogens (tertiary/aromatic N) is 1. The van der Waals surface area contributed by atoms with E-state index in [9.17, 15) is 4.79 Å². The molecule has 1 aromatic carbocycles. The van der Waals surface area contributed by atoms with Crippen LogP contribution in [-0.4, -0.2) is 36.1 Å². The molecule has 0 fully saturated rings. The van der Waals surface area contributed by atoms with Crippen molar-refractivity contribution in [1.29, 1.82) is 0 Å². The maximum Gasteiger partial charge on any atom is 0.324 e. The monoisotopic (exact) mass is 268 g/mol. The van der Waals surface area contributed by atoms with E-state index in [1.807, 2.05) is 36.6 Å². The largest absolute Gasteiger partial charge is 0.468 e. The van der Waals surface area contributed by atoms with Crippen molar-refractivity contribution in [3.63, 3.8) is 0 Å². The fraction of sp³-hybridized carbons (Fsp3) is 0.462. The summed E-state index contributed by atoms with van der Waals surface area (Å²) >= 11 is 1.69. The van der Waals surface area contributed by atoms with Crippen LogP contribution in [0.25, 0.3) is 0 Å². The molecule has 1 aromatic rings. The van der Waals surface area contributed by atoms with Gasteiger partial charge in [0.2, 0.25) is 0 Å². The number of hydrogen-bond donors (Lipinski definition) is 1. The summed E-state index contributed by atoms with van der Waals surface area (Å²) < 4.78 is 4.80. The number of carbonyl (C=O) groups excluding carboxylic acids is 1. The van der Waals surface area contributed by atoms with Crippen LogP contribution in [0.4, 0.5) is 0 Å². The van der Waals surface area contributed by atoms with Gasteiger partial charge in [0.1, 0.15) is 6.04 Å². The van der Waals surface area contributed by atoms with E-state index < -0.39 is 0 Å². The number of nitrogens with two attached hydrogens (primary N) is 1. The molecule has 0 unspecified atom stereocenters.